The molecule has 0 spiro atoms. The second-order valence-electron chi connectivity index (χ2n) is 6.59. The van der Waals surface area contributed by atoms with Crippen molar-refractivity contribution in [2.24, 2.45) is 5.92 Å². The highest BCUT2D eigenvalue weighted by Gasteiger charge is 2.20. The van der Waals surface area contributed by atoms with Gasteiger partial charge in [-0.2, -0.15) is 0 Å². The van der Waals surface area contributed by atoms with Gasteiger partial charge in [-0.1, -0.05) is 13.0 Å². The van der Waals surface area contributed by atoms with Gasteiger partial charge in [-0.25, -0.2) is 9.97 Å². The molecule has 1 atom stereocenters. The second-order valence-corrected chi connectivity index (χ2v) is 6.59. The monoisotopic (exact) mass is 340 g/mol. The Balaban J connectivity index is 1.79. The van der Waals surface area contributed by atoms with E-state index >= 15 is 0 Å². The predicted octanol–water partition coefficient (Wildman–Crippen LogP) is 3.28. The molecule has 1 fully saturated rings. The molecule has 0 aliphatic carbocycles. The molecule has 1 aromatic carbocycles. The van der Waals surface area contributed by atoms with E-state index in [1.165, 1.54) is 6.42 Å². The maximum absolute atomic E-state index is 12.6. The number of methoxy groups -OCH3 is 1. The zero-order valence-corrected chi connectivity index (χ0v) is 15.0. The molecular weight excluding hydrogens is 316 g/mol. The standard InChI is InChI=1S/C19H24N4O2/c1-13-6-7-17(25-3)16(11-13)21-18(24)15-8-9-20-19(22-15)23-10-4-5-14(2)12-23/h6-9,11,14H,4-5,10,12H2,1-3H3,(H,21,24). The number of anilines is 2. The molecule has 0 bridgehead atoms. The Morgan fingerprint density at radius 1 is 1.36 bits per heavy atom. The number of nitrogens with zero attached hydrogens (tertiary/aromatic N) is 3. The third kappa shape index (κ3) is 4.07. The van der Waals surface area contributed by atoms with E-state index in [9.17, 15) is 4.79 Å². The number of nitrogens with one attached hydrogen (secondary N) is 1. The van der Waals surface area contributed by atoms with Gasteiger partial charge in [0.2, 0.25) is 5.95 Å². The van der Waals surface area contributed by atoms with E-state index in [0.717, 1.165) is 25.1 Å². The number of aryl methyl sites for hydroxylation is 1. The van der Waals surface area contributed by atoms with E-state index in [-0.39, 0.29) is 5.91 Å². The minimum atomic E-state index is -0.266. The van der Waals surface area contributed by atoms with Gasteiger partial charge in [-0.15, -0.1) is 0 Å². The molecule has 25 heavy (non-hydrogen) atoms. The molecule has 1 saturated heterocycles. The van der Waals surface area contributed by atoms with Crippen molar-refractivity contribution in [2.75, 3.05) is 30.4 Å². The Hall–Kier alpha value is -2.63. The highest BCUT2D eigenvalue weighted by Crippen LogP contribution is 2.26. The number of hydrogen-bond donors (Lipinski definition) is 1. The largest absolute Gasteiger partial charge is 0.495 e. The normalized spacial score (nSPS) is 17.2. The summed E-state index contributed by atoms with van der Waals surface area (Å²) >= 11 is 0. The number of benzene rings is 1. The van der Waals surface area contributed by atoms with E-state index in [0.29, 0.717) is 29.0 Å². The highest BCUT2D eigenvalue weighted by atomic mass is 16.5. The molecule has 1 aliphatic heterocycles. The molecule has 0 radical (unpaired) electrons. The molecule has 6 nitrogen and oxygen atoms in total. The van der Waals surface area contributed by atoms with Crippen LogP contribution in [-0.4, -0.2) is 36.1 Å². The summed E-state index contributed by atoms with van der Waals surface area (Å²) < 4.78 is 5.31. The van der Waals surface area contributed by atoms with E-state index in [1.807, 2.05) is 25.1 Å². The minimum Gasteiger partial charge on any atom is -0.495 e. The summed E-state index contributed by atoms with van der Waals surface area (Å²) in [7, 11) is 1.58. The van der Waals surface area contributed by atoms with Gasteiger partial charge in [0.1, 0.15) is 11.4 Å². The zero-order valence-electron chi connectivity index (χ0n) is 15.0. The van der Waals surface area contributed by atoms with E-state index in [2.05, 4.69) is 27.1 Å². The van der Waals surface area contributed by atoms with Crippen LogP contribution in [0.1, 0.15) is 35.8 Å². The number of ether oxygens (including phenoxy) is 1. The second kappa shape index (κ2) is 7.51. The van der Waals surface area contributed by atoms with Crippen molar-refractivity contribution in [1.82, 2.24) is 9.97 Å². The minimum absolute atomic E-state index is 0.266. The fourth-order valence-corrected chi connectivity index (χ4v) is 3.10. The molecule has 3 rings (SSSR count). The smallest absolute Gasteiger partial charge is 0.274 e. The first-order valence-corrected chi connectivity index (χ1v) is 8.61. The molecule has 1 amide bonds. The molecule has 1 N–H and O–H groups in total. The van der Waals surface area contributed by atoms with Crippen LogP contribution in [0.15, 0.2) is 30.5 Å². The SMILES string of the molecule is COc1ccc(C)cc1NC(=O)c1ccnc(N2CCCC(C)C2)n1. The summed E-state index contributed by atoms with van der Waals surface area (Å²) in [5.41, 5.74) is 2.04. The maximum atomic E-state index is 12.6. The lowest BCUT2D eigenvalue weighted by Crippen LogP contribution is -2.35. The van der Waals surface area contributed by atoms with Crippen molar-refractivity contribution in [2.45, 2.75) is 26.7 Å². The van der Waals surface area contributed by atoms with Gasteiger partial charge in [0.15, 0.2) is 0 Å². The summed E-state index contributed by atoms with van der Waals surface area (Å²) in [6.07, 6.45) is 4.00. The van der Waals surface area contributed by atoms with Crippen LogP contribution < -0.4 is 15.0 Å². The number of aromatic nitrogens is 2. The fraction of sp³-hybridized carbons (Fsp3) is 0.421. The van der Waals surface area contributed by atoms with E-state index in [4.69, 9.17) is 4.74 Å². The predicted molar refractivity (Wildman–Crippen MR) is 98.3 cm³/mol. The molecule has 2 heterocycles. The number of amides is 1. The van der Waals surface area contributed by atoms with E-state index < -0.39 is 0 Å². The summed E-state index contributed by atoms with van der Waals surface area (Å²) in [5, 5.41) is 2.88. The Morgan fingerprint density at radius 2 is 2.20 bits per heavy atom. The molecule has 1 aliphatic rings. The lowest BCUT2D eigenvalue weighted by Gasteiger charge is -2.30. The topological polar surface area (TPSA) is 67.3 Å². The summed E-state index contributed by atoms with van der Waals surface area (Å²) in [6.45, 7) is 6.06. The van der Waals surface area contributed by atoms with Crippen LogP contribution in [0, 0.1) is 12.8 Å². The third-order valence-electron chi connectivity index (χ3n) is 4.42. The number of piperidine rings is 1. The van der Waals surface area contributed by atoms with Crippen LogP contribution in [0.25, 0.3) is 0 Å². The van der Waals surface area contributed by atoms with Crippen LogP contribution in [0.5, 0.6) is 5.75 Å². The third-order valence-corrected chi connectivity index (χ3v) is 4.42. The van der Waals surface area contributed by atoms with Gasteiger partial charge >= 0.3 is 0 Å². The molecule has 0 saturated carbocycles. The van der Waals surface area contributed by atoms with E-state index in [1.54, 1.807) is 19.4 Å². The molecule has 132 valence electrons. The van der Waals surface area contributed by atoms with Crippen LogP contribution in [0.3, 0.4) is 0 Å². The number of carbonyl (C=O) groups is 1. The van der Waals surface area contributed by atoms with Gasteiger partial charge < -0.3 is 15.0 Å². The average Bonchev–Trinajstić information content (AvgIpc) is 2.62. The van der Waals surface area contributed by atoms with Crippen molar-refractivity contribution in [3.63, 3.8) is 0 Å². The lowest BCUT2D eigenvalue weighted by atomic mass is 10.0. The van der Waals surface area contributed by atoms with Gasteiger partial charge in [0.05, 0.1) is 12.8 Å². The number of hydrogen-bond acceptors (Lipinski definition) is 5. The van der Waals surface area contributed by atoms with Crippen molar-refractivity contribution in [1.29, 1.82) is 0 Å². The van der Waals surface area contributed by atoms with Gasteiger partial charge in [-0.05, 0) is 49.4 Å². The van der Waals surface area contributed by atoms with Gasteiger partial charge in [0.25, 0.3) is 5.91 Å². The molecule has 1 unspecified atom stereocenters. The van der Waals surface area contributed by atoms with Crippen LogP contribution in [0.2, 0.25) is 0 Å². The quantitative estimate of drug-likeness (QED) is 0.925. The molecule has 6 heteroatoms. The van der Waals surface area contributed by atoms with Crippen LogP contribution in [0.4, 0.5) is 11.6 Å². The Bertz CT molecular complexity index is 763. The maximum Gasteiger partial charge on any atom is 0.274 e. The first kappa shape index (κ1) is 17.2. The first-order valence-electron chi connectivity index (χ1n) is 8.61. The Morgan fingerprint density at radius 3 is 2.96 bits per heavy atom. The Labute approximate surface area is 148 Å². The number of rotatable bonds is 4. The summed E-state index contributed by atoms with van der Waals surface area (Å²) in [4.78, 5) is 23.6. The lowest BCUT2D eigenvalue weighted by molar-refractivity contribution is 0.102. The van der Waals surface area contributed by atoms with Crippen molar-refractivity contribution >= 4 is 17.5 Å². The summed E-state index contributed by atoms with van der Waals surface area (Å²) in [6, 6.07) is 7.29. The molecule has 1 aromatic heterocycles. The summed E-state index contributed by atoms with van der Waals surface area (Å²) in [5.74, 6) is 1.59. The van der Waals surface area contributed by atoms with Gasteiger partial charge in [-0.3, -0.25) is 4.79 Å². The highest BCUT2D eigenvalue weighted by molar-refractivity contribution is 6.03. The molecule has 2 aromatic rings. The van der Waals surface area contributed by atoms with Crippen LogP contribution in [-0.2, 0) is 0 Å². The Kier molecular flexibility index (Phi) is 5.16. The van der Waals surface area contributed by atoms with Crippen molar-refractivity contribution in [3.05, 3.63) is 41.7 Å². The molecular formula is C19H24N4O2. The average molecular weight is 340 g/mol. The van der Waals surface area contributed by atoms with Crippen LogP contribution >= 0.6 is 0 Å². The zero-order chi connectivity index (χ0) is 17.8. The first-order chi connectivity index (χ1) is 12.1. The number of carbonyl (C=O) groups excluding carboxylic acids is 1. The van der Waals surface area contributed by atoms with Crippen molar-refractivity contribution in [3.8, 4) is 5.75 Å². The fourth-order valence-electron chi connectivity index (χ4n) is 3.10. The van der Waals surface area contributed by atoms with Gasteiger partial charge in [0, 0.05) is 19.3 Å². The van der Waals surface area contributed by atoms with Crippen molar-refractivity contribution < 1.29 is 9.53 Å².